The minimum absolute atomic E-state index is 0.117. The molecule has 0 saturated heterocycles. The molecule has 0 aliphatic rings. The molecule has 1 heterocycles. The molecule has 2 aromatic carbocycles. The lowest BCUT2D eigenvalue weighted by molar-refractivity contribution is 0.0940. The van der Waals surface area contributed by atoms with Gasteiger partial charge in [-0.25, -0.2) is 17.1 Å². The summed E-state index contributed by atoms with van der Waals surface area (Å²) >= 11 is 1.07. The number of hydrogen-bond acceptors (Lipinski definition) is 5. The monoisotopic (exact) mass is 446 g/mol. The largest absolute Gasteiger partial charge is 0.347 e. The van der Waals surface area contributed by atoms with Gasteiger partial charge in [0, 0.05) is 30.1 Å². The molecule has 3 aromatic rings. The average molecular weight is 447 g/mol. The Morgan fingerprint density at radius 1 is 0.967 bits per heavy atom. The van der Waals surface area contributed by atoms with E-state index in [1.807, 2.05) is 0 Å². The summed E-state index contributed by atoms with van der Waals surface area (Å²) in [7, 11) is -0.631. The van der Waals surface area contributed by atoms with Crippen LogP contribution in [-0.4, -0.2) is 38.5 Å². The molecule has 1 amide bonds. The van der Waals surface area contributed by atoms with Crippen molar-refractivity contribution in [2.24, 2.45) is 0 Å². The third-order valence-corrected chi connectivity index (χ3v) is 7.69. The molecule has 0 spiro atoms. The molecule has 0 saturated carbocycles. The van der Waals surface area contributed by atoms with Crippen LogP contribution in [-0.2, 0) is 16.6 Å². The van der Waals surface area contributed by atoms with Crippen LogP contribution in [0.2, 0.25) is 0 Å². The summed E-state index contributed by atoms with van der Waals surface area (Å²) in [6, 6.07) is 14.6. The summed E-state index contributed by atoms with van der Waals surface area (Å²) in [5.41, 5.74) is 0.654. The number of nitrogens with one attached hydrogen (secondary N) is 1. The summed E-state index contributed by atoms with van der Waals surface area (Å²) in [6.45, 7) is 0.117. The maximum Gasteiger partial charge on any atom is 0.252 e. The smallest absolute Gasteiger partial charge is 0.252 e. The third kappa shape index (κ3) is 4.64. The van der Waals surface area contributed by atoms with Crippen LogP contribution in [0.4, 0.5) is 4.39 Å². The maximum absolute atomic E-state index is 13.1. The molecule has 1 aromatic heterocycles. The normalized spacial score (nSPS) is 11.5. The van der Waals surface area contributed by atoms with Gasteiger partial charge in [-0.1, -0.05) is 18.2 Å². The van der Waals surface area contributed by atoms with Crippen LogP contribution < -0.4 is 5.32 Å². The summed E-state index contributed by atoms with van der Waals surface area (Å²) in [4.78, 5) is 26.1. The molecule has 0 fully saturated rings. The molecule has 0 atom stereocenters. The number of amides is 1. The molecule has 0 bridgehead atoms. The minimum Gasteiger partial charge on any atom is -0.347 e. The van der Waals surface area contributed by atoms with Crippen LogP contribution >= 0.6 is 11.3 Å². The Morgan fingerprint density at radius 3 is 2.23 bits per heavy atom. The molecule has 3 rings (SSSR count). The Hall–Kier alpha value is -2.88. The Labute approximate surface area is 178 Å². The van der Waals surface area contributed by atoms with Gasteiger partial charge < -0.3 is 5.32 Å². The number of benzene rings is 2. The Balaban J connectivity index is 1.76. The molecule has 0 radical (unpaired) electrons. The highest BCUT2D eigenvalue weighted by Gasteiger charge is 2.21. The predicted octanol–water partition coefficient (Wildman–Crippen LogP) is 3.30. The summed E-state index contributed by atoms with van der Waals surface area (Å²) in [5, 5.41) is 2.72. The van der Waals surface area contributed by atoms with Gasteiger partial charge in [0.25, 0.3) is 15.9 Å². The van der Waals surface area contributed by atoms with E-state index in [0.29, 0.717) is 4.88 Å². The predicted molar refractivity (Wildman–Crippen MR) is 113 cm³/mol. The van der Waals surface area contributed by atoms with Crippen molar-refractivity contribution in [1.82, 2.24) is 9.62 Å². The van der Waals surface area contributed by atoms with Gasteiger partial charge in [0.05, 0.1) is 12.1 Å². The van der Waals surface area contributed by atoms with E-state index in [2.05, 4.69) is 5.32 Å². The van der Waals surface area contributed by atoms with Gasteiger partial charge in [0.15, 0.2) is 5.78 Å². The second-order valence-corrected chi connectivity index (χ2v) is 10.1. The van der Waals surface area contributed by atoms with Crippen LogP contribution in [0.1, 0.15) is 31.2 Å². The highest BCUT2D eigenvalue weighted by Crippen LogP contribution is 2.24. The molecule has 30 heavy (non-hydrogen) atoms. The number of sulfonamides is 1. The van der Waals surface area contributed by atoms with Crippen molar-refractivity contribution < 1.29 is 22.4 Å². The van der Waals surface area contributed by atoms with Gasteiger partial charge in [-0.15, -0.1) is 11.3 Å². The summed E-state index contributed by atoms with van der Waals surface area (Å²) < 4.78 is 38.8. The van der Waals surface area contributed by atoms with Gasteiger partial charge in [-0.05, 0) is 42.5 Å². The zero-order chi connectivity index (χ0) is 21.9. The van der Waals surface area contributed by atoms with Crippen LogP contribution in [0.5, 0.6) is 0 Å². The Bertz CT molecular complexity index is 1190. The maximum atomic E-state index is 13.1. The fourth-order valence-corrected chi connectivity index (χ4v) is 5.13. The first-order valence-electron chi connectivity index (χ1n) is 8.89. The SMILES string of the molecule is CN(C)S(=O)(=O)c1ccc(CNC(=O)c2ccccc2C(=O)c2ccc(F)cc2)s1. The molecule has 0 aliphatic carbocycles. The molecule has 156 valence electrons. The fourth-order valence-electron chi connectivity index (χ4n) is 2.67. The molecule has 0 aliphatic heterocycles. The summed E-state index contributed by atoms with van der Waals surface area (Å²) in [6.07, 6.45) is 0. The first-order valence-corrected chi connectivity index (χ1v) is 11.1. The molecule has 0 unspecified atom stereocenters. The number of thiophene rings is 1. The molecule has 9 heteroatoms. The van der Waals surface area contributed by atoms with E-state index < -0.39 is 27.5 Å². The number of carbonyl (C=O) groups excluding carboxylic acids is 2. The quantitative estimate of drug-likeness (QED) is 0.565. The van der Waals surface area contributed by atoms with Crippen LogP contribution in [0.3, 0.4) is 0 Å². The average Bonchev–Trinajstić information content (AvgIpc) is 3.22. The van der Waals surface area contributed by atoms with E-state index in [0.717, 1.165) is 15.6 Å². The van der Waals surface area contributed by atoms with E-state index >= 15 is 0 Å². The summed E-state index contributed by atoms with van der Waals surface area (Å²) in [5.74, 6) is -1.31. The number of nitrogens with zero attached hydrogens (tertiary/aromatic N) is 1. The Kier molecular flexibility index (Phi) is 6.45. The number of rotatable bonds is 7. The number of halogens is 1. The van der Waals surface area contributed by atoms with Crippen LogP contribution in [0.15, 0.2) is 64.9 Å². The zero-order valence-corrected chi connectivity index (χ0v) is 17.9. The van der Waals surface area contributed by atoms with E-state index in [1.165, 1.54) is 56.6 Å². The fraction of sp³-hybridized carbons (Fsp3) is 0.143. The second kappa shape index (κ2) is 8.86. The first kappa shape index (κ1) is 21.8. The zero-order valence-electron chi connectivity index (χ0n) is 16.3. The standard InChI is InChI=1S/C21H19FN2O4S2/c1-24(2)30(27,28)19-12-11-16(29-19)13-23-21(26)18-6-4-3-5-17(18)20(25)14-7-9-15(22)10-8-14/h3-12H,13H2,1-2H3,(H,23,26). The molecule has 1 N–H and O–H groups in total. The number of ketones is 1. The van der Waals surface area contributed by atoms with E-state index in [1.54, 1.807) is 18.2 Å². The van der Waals surface area contributed by atoms with Crippen molar-refractivity contribution >= 4 is 33.1 Å². The van der Waals surface area contributed by atoms with Gasteiger partial charge >= 0.3 is 0 Å². The van der Waals surface area contributed by atoms with Crippen LogP contribution in [0, 0.1) is 5.82 Å². The van der Waals surface area contributed by atoms with Crippen molar-refractivity contribution in [3.8, 4) is 0 Å². The lowest BCUT2D eigenvalue weighted by atomic mass is 9.98. The first-order chi connectivity index (χ1) is 14.2. The van der Waals surface area contributed by atoms with E-state index in [-0.39, 0.29) is 27.4 Å². The molecular formula is C21H19FN2O4S2. The highest BCUT2D eigenvalue weighted by molar-refractivity contribution is 7.91. The molecular weight excluding hydrogens is 427 g/mol. The Morgan fingerprint density at radius 2 is 1.60 bits per heavy atom. The van der Waals surface area contributed by atoms with Gasteiger partial charge in [0.1, 0.15) is 10.0 Å². The second-order valence-electron chi connectivity index (χ2n) is 6.57. The van der Waals surface area contributed by atoms with Crippen molar-refractivity contribution in [2.45, 2.75) is 10.8 Å². The topological polar surface area (TPSA) is 83.6 Å². The van der Waals surface area contributed by atoms with Gasteiger partial charge in [0.2, 0.25) is 0 Å². The minimum atomic E-state index is -3.53. The van der Waals surface area contributed by atoms with E-state index in [4.69, 9.17) is 0 Å². The van der Waals surface area contributed by atoms with Crippen LogP contribution in [0.25, 0.3) is 0 Å². The van der Waals surface area contributed by atoms with Gasteiger partial charge in [-0.2, -0.15) is 0 Å². The third-order valence-electron chi connectivity index (χ3n) is 4.32. The highest BCUT2D eigenvalue weighted by atomic mass is 32.2. The van der Waals surface area contributed by atoms with Gasteiger partial charge in [-0.3, -0.25) is 9.59 Å². The lowest BCUT2D eigenvalue weighted by Crippen LogP contribution is -2.24. The number of carbonyl (C=O) groups is 2. The van der Waals surface area contributed by atoms with E-state index in [9.17, 15) is 22.4 Å². The van der Waals surface area contributed by atoms with Crippen molar-refractivity contribution in [3.05, 3.63) is 88.0 Å². The van der Waals surface area contributed by atoms with Crippen molar-refractivity contribution in [1.29, 1.82) is 0 Å². The van der Waals surface area contributed by atoms with Crippen molar-refractivity contribution in [3.63, 3.8) is 0 Å². The number of hydrogen-bond donors (Lipinski definition) is 1. The lowest BCUT2D eigenvalue weighted by Gasteiger charge is -2.10. The van der Waals surface area contributed by atoms with Crippen molar-refractivity contribution in [2.75, 3.05) is 14.1 Å². The molecule has 6 nitrogen and oxygen atoms in total.